The van der Waals surface area contributed by atoms with Crippen molar-refractivity contribution in [3.05, 3.63) is 76.6 Å². The summed E-state index contributed by atoms with van der Waals surface area (Å²) in [6.07, 6.45) is 3.78. The monoisotopic (exact) mass is 374 g/mol. The summed E-state index contributed by atoms with van der Waals surface area (Å²) >= 11 is 0. The van der Waals surface area contributed by atoms with Gasteiger partial charge in [0.15, 0.2) is 18.9 Å². The lowest BCUT2D eigenvalue weighted by molar-refractivity contribution is -0.687. The second-order valence-electron chi connectivity index (χ2n) is 5.00. The summed E-state index contributed by atoms with van der Waals surface area (Å²) in [7, 11) is 1.64. The van der Waals surface area contributed by atoms with E-state index in [9.17, 15) is 10.1 Å². The van der Waals surface area contributed by atoms with Crippen molar-refractivity contribution < 1.29 is 31.2 Å². The molecule has 0 atom stereocenters. The average Bonchev–Trinajstić information content (AvgIpc) is 2.54. The highest BCUT2D eigenvalue weighted by Crippen LogP contribution is 2.23. The zero-order valence-electron chi connectivity index (χ0n) is 12.5. The number of fused-ring (bicyclic) bond motifs is 1. The molecule has 0 fully saturated rings. The van der Waals surface area contributed by atoms with Crippen molar-refractivity contribution >= 4 is 16.5 Å². The Labute approximate surface area is 144 Å². The first-order chi connectivity index (χ1) is 10.7. The van der Waals surface area contributed by atoms with Gasteiger partial charge in [0.25, 0.3) is 5.69 Å². The van der Waals surface area contributed by atoms with Crippen LogP contribution >= 0.6 is 0 Å². The van der Waals surface area contributed by atoms with E-state index in [0.717, 1.165) is 16.7 Å². The molecule has 0 aliphatic carbocycles. The van der Waals surface area contributed by atoms with Crippen LogP contribution in [0.25, 0.3) is 10.8 Å². The minimum absolute atomic E-state index is 0. The Morgan fingerprint density at radius 1 is 1.13 bits per heavy atom. The predicted octanol–water partition coefficient (Wildman–Crippen LogP) is 0.0964. The lowest BCUT2D eigenvalue weighted by Crippen LogP contribution is -3.00. The standard InChI is InChI=1S/C17H15N2O3.BrH/c1-22-15-7-5-13(6-8-15)11-18-10-9-16-14(12-18)3-2-4-17(16)19(20)21;/h2-10,12H,11H2,1H3;1H/q+1;/p-1. The van der Waals surface area contributed by atoms with Crippen LogP contribution < -0.4 is 26.3 Å². The molecule has 3 rings (SSSR count). The molecule has 1 aromatic heterocycles. The average molecular weight is 375 g/mol. The van der Waals surface area contributed by atoms with Gasteiger partial charge in [-0.25, -0.2) is 4.57 Å². The molecule has 0 N–H and O–H groups in total. The number of hydrogen-bond donors (Lipinski definition) is 0. The summed E-state index contributed by atoms with van der Waals surface area (Å²) < 4.78 is 7.15. The molecule has 0 unspecified atom stereocenters. The molecule has 1 heterocycles. The van der Waals surface area contributed by atoms with Gasteiger partial charge in [-0.15, -0.1) is 0 Å². The van der Waals surface area contributed by atoms with E-state index < -0.39 is 0 Å². The van der Waals surface area contributed by atoms with Crippen LogP contribution in [-0.4, -0.2) is 12.0 Å². The molecule has 0 saturated carbocycles. The SMILES string of the molecule is COc1ccc(C[n+]2ccc3c([N+](=O)[O-])cccc3c2)cc1.[Br-]. The van der Waals surface area contributed by atoms with Gasteiger partial charge in [-0.3, -0.25) is 10.1 Å². The van der Waals surface area contributed by atoms with Gasteiger partial charge in [-0.05, 0) is 30.3 Å². The number of benzene rings is 2. The van der Waals surface area contributed by atoms with Crippen LogP contribution in [0.1, 0.15) is 5.56 Å². The molecule has 0 amide bonds. The first-order valence-electron chi connectivity index (χ1n) is 6.86. The second kappa shape index (κ2) is 7.19. The third-order valence-electron chi connectivity index (χ3n) is 3.58. The van der Waals surface area contributed by atoms with Crippen molar-refractivity contribution in [1.29, 1.82) is 0 Å². The Kier molecular flexibility index (Phi) is 5.28. The summed E-state index contributed by atoms with van der Waals surface area (Å²) in [4.78, 5) is 10.7. The first-order valence-corrected chi connectivity index (χ1v) is 6.86. The number of aromatic nitrogens is 1. The summed E-state index contributed by atoms with van der Waals surface area (Å²) in [5.74, 6) is 0.822. The Bertz CT molecular complexity index is 835. The fourth-order valence-corrected chi connectivity index (χ4v) is 2.46. The van der Waals surface area contributed by atoms with Crippen LogP contribution in [-0.2, 0) is 6.54 Å². The third kappa shape index (κ3) is 3.65. The number of hydrogen-bond acceptors (Lipinski definition) is 3. The molecular weight excluding hydrogens is 360 g/mol. The molecule has 0 aliphatic rings. The minimum Gasteiger partial charge on any atom is -1.00 e. The van der Waals surface area contributed by atoms with Gasteiger partial charge in [0, 0.05) is 17.7 Å². The molecule has 3 aromatic rings. The maximum Gasteiger partial charge on any atom is 0.277 e. The van der Waals surface area contributed by atoms with Gasteiger partial charge in [0.1, 0.15) is 5.75 Å². The lowest BCUT2D eigenvalue weighted by Gasteiger charge is -2.02. The molecule has 23 heavy (non-hydrogen) atoms. The van der Waals surface area contributed by atoms with E-state index in [1.165, 1.54) is 6.07 Å². The van der Waals surface area contributed by atoms with E-state index in [-0.39, 0.29) is 27.6 Å². The Morgan fingerprint density at radius 3 is 2.52 bits per heavy atom. The molecule has 2 aromatic carbocycles. The van der Waals surface area contributed by atoms with Crippen molar-refractivity contribution in [2.75, 3.05) is 7.11 Å². The summed E-state index contributed by atoms with van der Waals surface area (Å²) in [5, 5.41) is 12.5. The van der Waals surface area contributed by atoms with Crippen LogP contribution in [0.15, 0.2) is 60.9 Å². The minimum atomic E-state index is -0.351. The fourth-order valence-electron chi connectivity index (χ4n) is 2.46. The molecule has 0 spiro atoms. The van der Waals surface area contributed by atoms with Crippen molar-refractivity contribution in [3.63, 3.8) is 0 Å². The Morgan fingerprint density at radius 2 is 1.87 bits per heavy atom. The summed E-state index contributed by atoms with van der Waals surface area (Å²) in [6, 6.07) is 14.7. The van der Waals surface area contributed by atoms with E-state index in [2.05, 4.69) is 0 Å². The molecule has 0 aliphatic heterocycles. The van der Waals surface area contributed by atoms with E-state index >= 15 is 0 Å². The predicted molar refractivity (Wildman–Crippen MR) is 82.9 cm³/mol. The van der Waals surface area contributed by atoms with Crippen LogP contribution in [0.5, 0.6) is 5.75 Å². The molecular formula is C17H15BrN2O3. The van der Waals surface area contributed by atoms with Crippen molar-refractivity contribution in [2.45, 2.75) is 6.54 Å². The number of non-ortho nitro benzene ring substituents is 1. The normalized spacial score (nSPS) is 10.1. The zero-order chi connectivity index (χ0) is 15.5. The number of rotatable bonds is 4. The number of ether oxygens (including phenoxy) is 1. The van der Waals surface area contributed by atoms with Gasteiger partial charge < -0.3 is 21.7 Å². The number of halogens is 1. The van der Waals surface area contributed by atoms with Crippen LogP contribution in [0.3, 0.4) is 0 Å². The summed E-state index contributed by atoms with van der Waals surface area (Å²) in [6.45, 7) is 0.697. The quantitative estimate of drug-likeness (QED) is 0.369. The largest absolute Gasteiger partial charge is 1.00 e. The van der Waals surface area contributed by atoms with Crippen molar-refractivity contribution in [2.24, 2.45) is 0 Å². The molecule has 6 heteroatoms. The second-order valence-corrected chi connectivity index (χ2v) is 5.00. The van der Waals surface area contributed by atoms with E-state index in [1.807, 2.05) is 47.3 Å². The van der Waals surface area contributed by atoms with Crippen LogP contribution in [0.4, 0.5) is 5.69 Å². The van der Waals surface area contributed by atoms with E-state index in [1.54, 1.807) is 19.2 Å². The van der Waals surface area contributed by atoms with Gasteiger partial charge in [-0.2, -0.15) is 0 Å². The highest BCUT2D eigenvalue weighted by atomic mass is 79.9. The van der Waals surface area contributed by atoms with Crippen molar-refractivity contribution in [1.82, 2.24) is 0 Å². The van der Waals surface area contributed by atoms with Crippen LogP contribution in [0, 0.1) is 10.1 Å². The zero-order valence-corrected chi connectivity index (χ0v) is 14.1. The van der Waals surface area contributed by atoms with Gasteiger partial charge in [-0.1, -0.05) is 6.07 Å². The first kappa shape index (κ1) is 16.9. The van der Waals surface area contributed by atoms with E-state index in [4.69, 9.17) is 4.74 Å². The maximum absolute atomic E-state index is 11.0. The Hall–Kier alpha value is -2.47. The topological polar surface area (TPSA) is 56.2 Å². The number of pyridine rings is 1. The highest BCUT2D eigenvalue weighted by molar-refractivity contribution is 5.89. The fraction of sp³-hybridized carbons (Fsp3) is 0.118. The smallest absolute Gasteiger partial charge is 0.277 e. The molecule has 0 radical (unpaired) electrons. The molecule has 0 saturated heterocycles. The van der Waals surface area contributed by atoms with E-state index in [0.29, 0.717) is 11.9 Å². The lowest BCUT2D eigenvalue weighted by atomic mass is 10.1. The van der Waals surface area contributed by atoms with Gasteiger partial charge >= 0.3 is 0 Å². The van der Waals surface area contributed by atoms with Crippen molar-refractivity contribution in [3.8, 4) is 5.75 Å². The van der Waals surface area contributed by atoms with Crippen LogP contribution in [0.2, 0.25) is 0 Å². The molecule has 0 bridgehead atoms. The molecule has 118 valence electrons. The Balaban J connectivity index is 0.00000192. The number of methoxy groups -OCH3 is 1. The molecule has 5 nitrogen and oxygen atoms in total. The maximum atomic E-state index is 11.0. The van der Waals surface area contributed by atoms with Gasteiger partial charge in [0.2, 0.25) is 0 Å². The number of nitro benzene ring substituents is 1. The number of nitrogens with zero attached hydrogens (tertiary/aromatic N) is 2. The highest BCUT2D eigenvalue weighted by Gasteiger charge is 2.14. The third-order valence-corrected chi connectivity index (χ3v) is 3.58. The van der Waals surface area contributed by atoms with Gasteiger partial charge in [0.05, 0.1) is 22.8 Å². The number of nitro groups is 1. The summed E-state index contributed by atoms with van der Waals surface area (Å²) in [5.41, 5.74) is 1.27.